The first-order chi connectivity index (χ1) is 11.8. The number of aromatic nitrogens is 3. The number of para-hydroxylation sites is 2. The fourth-order valence-corrected chi connectivity index (χ4v) is 4.71. The summed E-state index contributed by atoms with van der Waals surface area (Å²) in [5, 5.41) is 0.216. The van der Waals surface area contributed by atoms with Crippen LogP contribution in [0.5, 0.6) is 5.75 Å². The minimum atomic E-state index is -1.33. The van der Waals surface area contributed by atoms with Gasteiger partial charge in [-0.1, -0.05) is 30.7 Å². The van der Waals surface area contributed by atoms with Crippen molar-refractivity contribution in [1.29, 1.82) is 0 Å². The van der Waals surface area contributed by atoms with Gasteiger partial charge in [0.1, 0.15) is 5.75 Å². The summed E-state index contributed by atoms with van der Waals surface area (Å²) in [5.41, 5.74) is 3.52. The molecule has 124 valence electrons. The standard InChI is InChI=1S/C18H18N3O2S.Na/c1-23-15-10-11-19-17-12(15)6-2-5-9-16(17)24(22)18-20-13-7-3-4-8-14(13)21-18;/h3-4,7-8,10-11,16H,2,5-6,9H2,1H3;/q-1;+1. The third kappa shape index (κ3) is 3.53. The Labute approximate surface area is 171 Å². The van der Waals surface area contributed by atoms with Crippen molar-refractivity contribution in [2.75, 3.05) is 7.11 Å². The van der Waals surface area contributed by atoms with Crippen molar-refractivity contribution >= 4 is 21.8 Å². The molecule has 2 heterocycles. The van der Waals surface area contributed by atoms with Crippen LogP contribution in [0.25, 0.3) is 11.0 Å². The van der Waals surface area contributed by atoms with Crippen LogP contribution in [0.3, 0.4) is 0 Å². The van der Waals surface area contributed by atoms with E-state index in [4.69, 9.17) is 4.74 Å². The van der Waals surface area contributed by atoms with Gasteiger partial charge >= 0.3 is 29.6 Å². The summed E-state index contributed by atoms with van der Waals surface area (Å²) >= 11 is 0. The van der Waals surface area contributed by atoms with Crippen molar-refractivity contribution < 1.29 is 38.5 Å². The first kappa shape index (κ1) is 18.6. The number of ether oxygens (including phenoxy) is 1. The smallest absolute Gasteiger partial charge is 0.496 e. The largest absolute Gasteiger partial charge is 1.00 e. The van der Waals surface area contributed by atoms with Gasteiger partial charge in [0, 0.05) is 16.9 Å². The van der Waals surface area contributed by atoms with Gasteiger partial charge in [0.05, 0.1) is 28.9 Å². The molecule has 0 aliphatic heterocycles. The molecule has 1 aromatic carbocycles. The number of rotatable bonds is 3. The van der Waals surface area contributed by atoms with Crippen LogP contribution >= 0.6 is 0 Å². The summed E-state index contributed by atoms with van der Waals surface area (Å²) in [5.74, 6) is 0.831. The van der Waals surface area contributed by atoms with Crippen molar-refractivity contribution in [2.45, 2.75) is 36.1 Å². The fraction of sp³-hybridized carbons (Fsp3) is 0.333. The van der Waals surface area contributed by atoms with Gasteiger partial charge in [-0.15, -0.1) is 0 Å². The molecule has 1 aliphatic carbocycles. The predicted octanol–water partition coefficient (Wildman–Crippen LogP) is 0.175. The first-order valence-electron chi connectivity index (χ1n) is 8.09. The van der Waals surface area contributed by atoms with Gasteiger partial charge < -0.3 is 14.7 Å². The summed E-state index contributed by atoms with van der Waals surface area (Å²) in [6.45, 7) is 0. The number of pyridine rings is 1. The molecule has 0 saturated heterocycles. The van der Waals surface area contributed by atoms with Crippen LogP contribution < -0.4 is 39.3 Å². The molecular formula is C18H18N3NaO2S. The zero-order valence-electron chi connectivity index (χ0n) is 14.4. The van der Waals surface area contributed by atoms with Gasteiger partial charge in [-0.3, -0.25) is 9.19 Å². The van der Waals surface area contributed by atoms with E-state index in [0.717, 1.165) is 53.7 Å². The topological polar surface area (TPSA) is 66.2 Å². The Morgan fingerprint density at radius 1 is 1.24 bits per heavy atom. The van der Waals surface area contributed by atoms with Crippen molar-refractivity contribution in [2.24, 2.45) is 0 Å². The fourth-order valence-electron chi connectivity index (χ4n) is 3.29. The van der Waals surface area contributed by atoms with Crippen LogP contribution in [0.15, 0.2) is 41.7 Å². The minimum absolute atomic E-state index is 0. The molecular weight excluding hydrogens is 345 g/mol. The summed E-state index contributed by atoms with van der Waals surface area (Å²) < 4.78 is 18.7. The molecule has 2 aromatic heterocycles. The zero-order valence-corrected chi connectivity index (χ0v) is 17.3. The molecule has 0 bridgehead atoms. The molecule has 0 saturated carbocycles. The molecule has 0 fully saturated rings. The molecule has 5 nitrogen and oxygen atoms in total. The molecule has 0 radical (unpaired) electrons. The molecule has 0 N–H and O–H groups in total. The van der Waals surface area contributed by atoms with E-state index in [9.17, 15) is 4.21 Å². The summed E-state index contributed by atoms with van der Waals surface area (Å²) in [6, 6.07) is 9.49. The van der Waals surface area contributed by atoms with E-state index >= 15 is 0 Å². The van der Waals surface area contributed by atoms with Gasteiger partial charge in [-0.05, 0) is 36.4 Å². The maximum atomic E-state index is 13.2. The van der Waals surface area contributed by atoms with E-state index in [2.05, 4.69) is 15.0 Å². The maximum absolute atomic E-state index is 13.2. The van der Waals surface area contributed by atoms with E-state index in [1.165, 1.54) is 0 Å². The van der Waals surface area contributed by atoms with Crippen molar-refractivity contribution in [3.8, 4) is 5.75 Å². The quantitative estimate of drug-likeness (QED) is 0.490. The van der Waals surface area contributed by atoms with Crippen LogP contribution in [0, 0.1) is 0 Å². The SMILES string of the molecule is COc1ccnc2c1CCCCC2S(=O)c1nc2ccccc2[n-]1.[Na+]. The second-order valence-electron chi connectivity index (χ2n) is 5.90. The van der Waals surface area contributed by atoms with E-state index < -0.39 is 10.8 Å². The normalized spacial score (nSPS) is 18.0. The number of imidazole rings is 1. The van der Waals surface area contributed by atoms with Gasteiger partial charge in [0.15, 0.2) is 0 Å². The second-order valence-corrected chi connectivity index (χ2v) is 7.43. The summed E-state index contributed by atoms with van der Waals surface area (Å²) in [6.07, 6.45) is 5.52. The average Bonchev–Trinajstić information content (AvgIpc) is 2.93. The molecule has 2 atom stereocenters. The van der Waals surface area contributed by atoms with Gasteiger partial charge in [-0.25, -0.2) is 0 Å². The molecule has 0 spiro atoms. The molecule has 7 heteroatoms. The molecule has 4 rings (SSSR count). The predicted molar refractivity (Wildman–Crippen MR) is 92.6 cm³/mol. The summed E-state index contributed by atoms with van der Waals surface area (Å²) in [7, 11) is 0.341. The van der Waals surface area contributed by atoms with Crippen molar-refractivity contribution in [1.82, 2.24) is 15.0 Å². The van der Waals surface area contributed by atoms with Crippen LogP contribution in [0.4, 0.5) is 0 Å². The molecule has 3 aromatic rings. The Morgan fingerprint density at radius 3 is 2.88 bits per heavy atom. The van der Waals surface area contributed by atoms with E-state index in [1.54, 1.807) is 13.3 Å². The molecule has 25 heavy (non-hydrogen) atoms. The Morgan fingerprint density at radius 2 is 2.08 bits per heavy atom. The monoisotopic (exact) mass is 363 g/mol. The van der Waals surface area contributed by atoms with Crippen LogP contribution in [-0.2, 0) is 17.2 Å². The third-order valence-corrected chi connectivity index (χ3v) is 5.98. The Balaban J connectivity index is 0.00000182. The number of hydrogen-bond acceptors (Lipinski definition) is 4. The third-order valence-electron chi connectivity index (χ3n) is 4.47. The maximum Gasteiger partial charge on any atom is 1.00 e. The van der Waals surface area contributed by atoms with E-state index in [-0.39, 0.29) is 34.8 Å². The van der Waals surface area contributed by atoms with E-state index in [1.807, 2.05) is 30.3 Å². The average molecular weight is 363 g/mol. The molecule has 0 amide bonds. The zero-order chi connectivity index (χ0) is 16.5. The second kappa shape index (κ2) is 7.99. The van der Waals surface area contributed by atoms with Crippen molar-refractivity contribution in [3.63, 3.8) is 0 Å². The number of methoxy groups -OCH3 is 1. The van der Waals surface area contributed by atoms with Gasteiger partial charge in [0.25, 0.3) is 0 Å². The van der Waals surface area contributed by atoms with Crippen molar-refractivity contribution in [3.05, 3.63) is 47.8 Å². The van der Waals surface area contributed by atoms with Gasteiger partial charge in [-0.2, -0.15) is 0 Å². The Kier molecular flexibility index (Phi) is 5.94. The summed E-state index contributed by atoms with van der Waals surface area (Å²) in [4.78, 5) is 13.5. The van der Waals surface area contributed by atoms with E-state index in [0.29, 0.717) is 5.16 Å². The number of hydrogen-bond donors (Lipinski definition) is 0. The number of benzene rings is 1. The Bertz CT molecular complexity index is 879. The number of fused-ring (bicyclic) bond motifs is 2. The molecule has 2 unspecified atom stereocenters. The minimum Gasteiger partial charge on any atom is -0.496 e. The molecule has 1 aliphatic rings. The number of nitrogens with zero attached hydrogens (tertiary/aromatic N) is 3. The van der Waals surface area contributed by atoms with Crippen LogP contribution in [0.1, 0.15) is 35.8 Å². The van der Waals surface area contributed by atoms with Crippen LogP contribution in [-0.4, -0.2) is 21.3 Å². The first-order valence-corrected chi connectivity index (χ1v) is 9.31. The Hall–Kier alpha value is -1.21. The van der Waals surface area contributed by atoms with Gasteiger partial charge in [0.2, 0.25) is 0 Å². The van der Waals surface area contributed by atoms with Crippen LogP contribution in [0.2, 0.25) is 0 Å².